The van der Waals surface area contributed by atoms with Crippen LogP contribution in [0.15, 0.2) is 34.9 Å². The van der Waals surface area contributed by atoms with Crippen LogP contribution in [0.5, 0.6) is 0 Å². The Hall–Kier alpha value is -1.81. The Morgan fingerprint density at radius 3 is 2.84 bits per heavy atom. The van der Waals surface area contributed by atoms with Gasteiger partial charge in [-0.1, -0.05) is 6.07 Å². The zero-order valence-electron chi connectivity index (χ0n) is 10.4. The Morgan fingerprint density at radius 1 is 1.42 bits per heavy atom. The lowest BCUT2D eigenvalue weighted by Crippen LogP contribution is -2.25. The molecule has 100 valence electrons. The van der Waals surface area contributed by atoms with E-state index in [0.717, 1.165) is 11.1 Å². The summed E-state index contributed by atoms with van der Waals surface area (Å²) in [5.74, 6) is -0.533. The Morgan fingerprint density at radius 2 is 2.21 bits per heavy atom. The fourth-order valence-corrected chi connectivity index (χ4v) is 2.00. The van der Waals surface area contributed by atoms with Gasteiger partial charge in [-0.15, -0.1) is 0 Å². The maximum Gasteiger partial charge on any atom is 0.256 e. The number of rotatable bonds is 4. The minimum Gasteiger partial charge on any atom is -0.452 e. The predicted molar refractivity (Wildman–Crippen MR) is 70.9 cm³/mol. The highest BCUT2D eigenvalue weighted by molar-refractivity contribution is 6.32. The molecule has 0 unspecified atom stereocenters. The topological polar surface area (TPSA) is 42.2 Å². The van der Waals surface area contributed by atoms with E-state index in [1.807, 2.05) is 6.92 Å². The van der Waals surface area contributed by atoms with Gasteiger partial charge < -0.3 is 9.73 Å². The maximum absolute atomic E-state index is 12.9. The van der Waals surface area contributed by atoms with Gasteiger partial charge in [0.2, 0.25) is 5.22 Å². The van der Waals surface area contributed by atoms with Gasteiger partial charge in [0.1, 0.15) is 5.82 Å². The van der Waals surface area contributed by atoms with Crippen LogP contribution in [0.2, 0.25) is 5.22 Å². The third kappa shape index (κ3) is 3.35. The van der Waals surface area contributed by atoms with Crippen LogP contribution in [0.4, 0.5) is 4.39 Å². The summed E-state index contributed by atoms with van der Waals surface area (Å²) in [6, 6.07) is 6.13. The van der Waals surface area contributed by atoms with Gasteiger partial charge in [0.05, 0.1) is 11.8 Å². The monoisotopic (exact) mass is 281 g/mol. The Balaban J connectivity index is 1.90. The summed E-state index contributed by atoms with van der Waals surface area (Å²) in [6.07, 6.45) is 1.99. The number of carbonyl (C=O) groups excluding carboxylic acids is 1. The molecule has 1 amide bonds. The van der Waals surface area contributed by atoms with E-state index in [1.165, 1.54) is 24.5 Å². The number of furan rings is 1. The smallest absolute Gasteiger partial charge is 0.256 e. The molecule has 0 aliphatic rings. The summed E-state index contributed by atoms with van der Waals surface area (Å²) in [5, 5.41) is 2.82. The molecule has 0 saturated carbocycles. The second-order valence-corrected chi connectivity index (χ2v) is 4.53. The first-order valence-electron chi connectivity index (χ1n) is 5.84. The van der Waals surface area contributed by atoms with Gasteiger partial charge in [-0.3, -0.25) is 4.79 Å². The first-order chi connectivity index (χ1) is 9.08. The van der Waals surface area contributed by atoms with E-state index >= 15 is 0 Å². The molecule has 2 aromatic rings. The van der Waals surface area contributed by atoms with E-state index in [1.54, 1.807) is 6.07 Å². The third-order valence-electron chi connectivity index (χ3n) is 2.85. The first kappa shape index (κ1) is 13.6. The van der Waals surface area contributed by atoms with Crippen molar-refractivity contribution in [2.75, 3.05) is 6.54 Å². The normalized spacial score (nSPS) is 10.5. The van der Waals surface area contributed by atoms with Crippen LogP contribution in [0.3, 0.4) is 0 Å². The number of benzene rings is 1. The van der Waals surface area contributed by atoms with Crippen molar-refractivity contribution in [3.05, 3.63) is 58.3 Å². The number of aryl methyl sites for hydroxylation is 1. The maximum atomic E-state index is 12.9. The van der Waals surface area contributed by atoms with Crippen LogP contribution >= 0.6 is 11.6 Å². The summed E-state index contributed by atoms with van der Waals surface area (Å²) in [5.41, 5.74) is 2.19. The van der Waals surface area contributed by atoms with Crippen molar-refractivity contribution in [3.8, 4) is 0 Å². The molecule has 1 N–H and O–H groups in total. The summed E-state index contributed by atoms with van der Waals surface area (Å²) in [6.45, 7) is 2.29. The molecule has 2 rings (SSSR count). The molecule has 0 spiro atoms. The van der Waals surface area contributed by atoms with Crippen LogP contribution in [0, 0.1) is 12.7 Å². The van der Waals surface area contributed by atoms with E-state index in [4.69, 9.17) is 16.0 Å². The predicted octanol–water partition coefficient (Wildman–Crippen LogP) is 3.35. The zero-order valence-corrected chi connectivity index (χ0v) is 11.1. The van der Waals surface area contributed by atoms with Crippen LogP contribution in [0.25, 0.3) is 0 Å². The summed E-state index contributed by atoms with van der Waals surface area (Å²) in [7, 11) is 0. The largest absolute Gasteiger partial charge is 0.452 e. The number of carbonyl (C=O) groups is 1. The van der Waals surface area contributed by atoms with Gasteiger partial charge in [0, 0.05) is 6.54 Å². The number of hydrogen-bond acceptors (Lipinski definition) is 2. The second-order valence-electron chi connectivity index (χ2n) is 4.18. The van der Waals surface area contributed by atoms with Crippen molar-refractivity contribution in [2.24, 2.45) is 0 Å². The summed E-state index contributed by atoms with van der Waals surface area (Å²) >= 11 is 5.70. The van der Waals surface area contributed by atoms with Gasteiger partial charge in [0.25, 0.3) is 5.91 Å². The average molecular weight is 282 g/mol. The highest BCUT2D eigenvalue weighted by atomic mass is 35.5. The molecule has 1 aromatic carbocycles. The molecule has 0 saturated heterocycles. The van der Waals surface area contributed by atoms with E-state index in [2.05, 4.69) is 5.32 Å². The van der Waals surface area contributed by atoms with E-state index in [-0.39, 0.29) is 16.9 Å². The van der Waals surface area contributed by atoms with Crippen molar-refractivity contribution >= 4 is 17.5 Å². The van der Waals surface area contributed by atoms with Gasteiger partial charge >= 0.3 is 0 Å². The molecule has 0 fully saturated rings. The Bertz CT molecular complexity index is 595. The molecule has 19 heavy (non-hydrogen) atoms. The highest BCUT2D eigenvalue weighted by Gasteiger charge is 2.12. The van der Waals surface area contributed by atoms with Crippen molar-refractivity contribution in [1.29, 1.82) is 0 Å². The van der Waals surface area contributed by atoms with Crippen LogP contribution in [-0.4, -0.2) is 12.5 Å². The molecule has 1 heterocycles. The molecule has 0 aliphatic carbocycles. The van der Waals surface area contributed by atoms with Crippen molar-refractivity contribution in [3.63, 3.8) is 0 Å². The molecule has 0 bridgehead atoms. The minimum atomic E-state index is -0.279. The number of hydrogen-bond donors (Lipinski definition) is 1. The Labute approximate surface area is 115 Å². The van der Waals surface area contributed by atoms with Crippen molar-refractivity contribution in [2.45, 2.75) is 13.3 Å². The van der Waals surface area contributed by atoms with Crippen molar-refractivity contribution in [1.82, 2.24) is 5.32 Å². The lowest BCUT2D eigenvalue weighted by Gasteiger charge is -2.07. The van der Waals surface area contributed by atoms with Gasteiger partial charge in [-0.05, 0) is 54.3 Å². The SMILES string of the molecule is Cc1cc(F)ccc1CCNC(=O)c1ccoc1Cl. The van der Waals surface area contributed by atoms with Gasteiger partial charge in [-0.2, -0.15) is 0 Å². The standard InChI is InChI=1S/C14H13ClFNO2/c1-9-8-11(16)3-2-10(9)4-6-17-14(18)12-5-7-19-13(12)15/h2-3,5,7-8H,4,6H2,1H3,(H,17,18). The fraction of sp³-hybridized carbons (Fsp3) is 0.214. The van der Waals surface area contributed by atoms with Crippen molar-refractivity contribution < 1.29 is 13.6 Å². The summed E-state index contributed by atoms with van der Waals surface area (Å²) in [4.78, 5) is 11.7. The summed E-state index contributed by atoms with van der Waals surface area (Å²) < 4.78 is 17.8. The molecular weight excluding hydrogens is 269 g/mol. The molecule has 3 nitrogen and oxygen atoms in total. The average Bonchev–Trinajstić information content (AvgIpc) is 2.78. The van der Waals surface area contributed by atoms with Gasteiger partial charge in [0.15, 0.2) is 0 Å². The molecule has 5 heteroatoms. The minimum absolute atomic E-state index is 0.0791. The molecule has 0 aliphatic heterocycles. The zero-order chi connectivity index (χ0) is 13.8. The van der Waals surface area contributed by atoms with Crippen LogP contribution in [0.1, 0.15) is 21.5 Å². The Kier molecular flexibility index (Phi) is 4.22. The lowest BCUT2D eigenvalue weighted by molar-refractivity contribution is 0.0953. The van der Waals surface area contributed by atoms with Crippen LogP contribution < -0.4 is 5.32 Å². The first-order valence-corrected chi connectivity index (χ1v) is 6.22. The number of nitrogens with one attached hydrogen (secondary N) is 1. The van der Waals surface area contributed by atoms with Crippen LogP contribution in [-0.2, 0) is 6.42 Å². The molecular formula is C14H13ClFNO2. The molecule has 1 aromatic heterocycles. The lowest BCUT2D eigenvalue weighted by atomic mass is 10.1. The van der Waals surface area contributed by atoms with E-state index in [0.29, 0.717) is 18.5 Å². The number of halogens is 2. The third-order valence-corrected chi connectivity index (χ3v) is 3.14. The highest BCUT2D eigenvalue weighted by Crippen LogP contribution is 2.16. The molecule has 0 radical (unpaired) electrons. The number of amides is 1. The fourth-order valence-electron chi connectivity index (χ4n) is 1.80. The van der Waals surface area contributed by atoms with E-state index in [9.17, 15) is 9.18 Å². The quantitative estimate of drug-likeness (QED) is 0.934. The van der Waals surface area contributed by atoms with E-state index < -0.39 is 0 Å². The van der Waals surface area contributed by atoms with Gasteiger partial charge in [-0.25, -0.2) is 4.39 Å². The second kappa shape index (κ2) is 5.89. The molecule has 0 atom stereocenters.